The van der Waals surface area contributed by atoms with Gasteiger partial charge in [0.1, 0.15) is 6.07 Å². The molecule has 2 aromatic heterocycles. The van der Waals surface area contributed by atoms with E-state index >= 15 is 0 Å². The van der Waals surface area contributed by atoms with Gasteiger partial charge in [0.05, 0.1) is 11.1 Å². The number of aromatic nitrogens is 1. The maximum absolute atomic E-state index is 9.47. The predicted octanol–water partition coefficient (Wildman–Crippen LogP) is 2.62. The second kappa shape index (κ2) is 6.30. The van der Waals surface area contributed by atoms with Gasteiger partial charge in [-0.05, 0) is 30.6 Å². The predicted molar refractivity (Wildman–Crippen MR) is 85.9 cm³/mol. The molecule has 4 heteroatoms. The maximum Gasteiger partial charge on any atom is 0.102 e. The van der Waals surface area contributed by atoms with Crippen LogP contribution in [0.25, 0.3) is 5.52 Å². The number of nitrogens with two attached hydrogens (primary N) is 1. The first kappa shape index (κ1) is 15.6. The molecule has 4 nitrogen and oxygen atoms in total. The molecular formula is C17H24N4. The molecule has 0 radical (unpaired) electrons. The molecule has 0 saturated heterocycles. The fourth-order valence-corrected chi connectivity index (χ4v) is 2.62. The van der Waals surface area contributed by atoms with E-state index in [4.69, 9.17) is 5.73 Å². The minimum atomic E-state index is 0.0853. The Hall–Kier alpha value is -1.83. The lowest BCUT2D eigenvalue weighted by atomic mass is 9.93. The molecular weight excluding hydrogens is 260 g/mol. The zero-order valence-electron chi connectivity index (χ0n) is 13.1. The van der Waals surface area contributed by atoms with Crippen LogP contribution in [0.4, 0.5) is 0 Å². The van der Waals surface area contributed by atoms with Crippen LogP contribution in [-0.4, -0.2) is 28.9 Å². The molecule has 0 amide bonds. The van der Waals surface area contributed by atoms with E-state index in [1.165, 1.54) is 0 Å². The fraction of sp³-hybridized carbons (Fsp3) is 0.471. The summed E-state index contributed by atoms with van der Waals surface area (Å²) in [5.41, 5.74) is 8.76. The average Bonchev–Trinajstić information content (AvgIpc) is 2.83. The van der Waals surface area contributed by atoms with Gasteiger partial charge in [0.2, 0.25) is 0 Å². The minimum absolute atomic E-state index is 0.0853. The standard InChI is InChI=1S/C17H24N4/c1-4-20(13-17(2,3)12-19)10-14-11-21-8-6-5-7-16(21)15(14)9-18/h5-8,11H,4,10,12-13,19H2,1-3H3. The molecule has 0 aliphatic carbocycles. The van der Waals surface area contributed by atoms with Crippen molar-refractivity contribution in [2.24, 2.45) is 11.1 Å². The van der Waals surface area contributed by atoms with E-state index in [0.717, 1.165) is 36.3 Å². The number of hydrogen-bond donors (Lipinski definition) is 1. The zero-order valence-corrected chi connectivity index (χ0v) is 13.1. The smallest absolute Gasteiger partial charge is 0.102 e. The van der Waals surface area contributed by atoms with Crippen LogP contribution >= 0.6 is 0 Å². The molecule has 0 saturated carbocycles. The Bertz CT molecular complexity index is 648. The van der Waals surface area contributed by atoms with Crippen LogP contribution in [0.15, 0.2) is 30.6 Å². The van der Waals surface area contributed by atoms with Crippen LogP contribution in [-0.2, 0) is 6.54 Å². The Labute approximate surface area is 126 Å². The first-order valence-electron chi connectivity index (χ1n) is 7.42. The van der Waals surface area contributed by atoms with Crippen molar-refractivity contribution in [3.05, 3.63) is 41.7 Å². The molecule has 2 N–H and O–H groups in total. The van der Waals surface area contributed by atoms with Crippen LogP contribution in [0, 0.1) is 16.7 Å². The molecule has 0 spiro atoms. The lowest BCUT2D eigenvalue weighted by Gasteiger charge is -2.30. The molecule has 0 bridgehead atoms. The van der Waals surface area contributed by atoms with E-state index in [0.29, 0.717) is 6.54 Å². The summed E-state index contributed by atoms with van der Waals surface area (Å²) in [7, 11) is 0. The molecule has 0 aliphatic heterocycles. The van der Waals surface area contributed by atoms with Crippen molar-refractivity contribution < 1.29 is 0 Å². The SMILES string of the molecule is CCN(Cc1cn2ccccc2c1C#N)CC(C)(C)CN. The van der Waals surface area contributed by atoms with Crippen LogP contribution in [0.1, 0.15) is 31.9 Å². The number of nitrogens with zero attached hydrogens (tertiary/aromatic N) is 3. The van der Waals surface area contributed by atoms with Gasteiger partial charge in [0.25, 0.3) is 0 Å². The quantitative estimate of drug-likeness (QED) is 0.887. The lowest BCUT2D eigenvalue weighted by Crippen LogP contribution is -2.38. The third-order valence-corrected chi connectivity index (χ3v) is 3.92. The summed E-state index contributed by atoms with van der Waals surface area (Å²) in [5.74, 6) is 0. The molecule has 2 rings (SSSR count). The molecule has 2 heterocycles. The second-order valence-corrected chi connectivity index (χ2v) is 6.31. The average molecular weight is 284 g/mol. The zero-order chi connectivity index (χ0) is 15.5. The Balaban J connectivity index is 2.28. The highest BCUT2D eigenvalue weighted by Gasteiger charge is 2.21. The molecule has 0 fully saturated rings. The lowest BCUT2D eigenvalue weighted by molar-refractivity contribution is 0.183. The van der Waals surface area contributed by atoms with Crippen molar-refractivity contribution in [3.8, 4) is 6.07 Å². The van der Waals surface area contributed by atoms with Gasteiger partial charge < -0.3 is 10.1 Å². The third-order valence-electron chi connectivity index (χ3n) is 3.92. The minimum Gasteiger partial charge on any atom is -0.330 e. The van der Waals surface area contributed by atoms with Crippen molar-refractivity contribution in [2.75, 3.05) is 19.6 Å². The monoisotopic (exact) mass is 284 g/mol. The van der Waals surface area contributed by atoms with Gasteiger partial charge in [-0.15, -0.1) is 0 Å². The molecule has 0 atom stereocenters. The first-order chi connectivity index (χ1) is 10.0. The van der Waals surface area contributed by atoms with Crippen molar-refractivity contribution >= 4 is 5.52 Å². The number of hydrogen-bond acceptors (Lipinski definition) is 3. The van der Waals surface area contributed by atoms with E-state index < -0.39 is 0 Å². The normalized spacial score (nSPS) is 12.0. The van der Waals surface area contributed by atoms with Gasteiger partial charge in [-0.1, -0.05) is 26.8 Å². The molecule has 112 valence electrons. The highest BCUT2D eigenvalue weighted by molar-refractivity contribution is 5.65. The topological polar surface area (TPSA) is 57.5 Å². The van der Waals surface area contributed by atoms with Gasteiger partial charge in [-0.25, -0.2) is 0 Å². The summed E-state index contributed by atoms with van der Waals surface area (Å²) >= 11 is 0. The van der Waals surface area contributed by atoms with E-state index in [2.05, 4.69) is 37.9 Å². The van der Waals surface area contributed by atoms with Gasteiger partial charge in [-0.3, -0.25) is 4.90 Å². The molecule has 0 aromatic carbocycles. The van der Waals surface area contributed by atoms with Gasteiger partial charge in [-0.2, -0.15) is 5.26 Å². The third kappa shape index (κ3) is 3.44. The Morgan fingerprint density at radius 1 is 1.38 bits per heavy atom. The summed E-state index contributed by atoms with van der Waals surface area (Å²) < 4.78 is 2.02. The van der Waals surface area contributed by atoms with E-state index in [1.54, 1.807) is 0 Å². The first-order valence-corrected chi connectivity index (χ1v) is 7.42. The highest BCUT2D eigenvalue weighted by atomic mass is 15.1. The number of pyridine rings is 1. The van der Waals surface area contributed by atoms with Crippen LogP contribution in [0.2, 0.25) is 0 Å². The van der Waals surface area contributed by atoms with Gasteiger partial charge >= 0.3 is 0 Å². The Kier molecular flexibility index (Phi) is 4.66. The van der Waals surface area contributed by atoms with E-state index in [9.17, 15) is 5.26 Å². The second-order valence-electron chi connectivity index (χ2n) is 6.31. The molecule has 0 aliphatic rings. The van der Waals surface area contributed by atoms with E-state index in [1.807, 2.05) is 28.8 Å². The van der Waals surface area contributed by atoms with Gasteiger partial charge in [0.15, 0.2) is 0 Å². The summed E-state index contributed by atoms with van der Waals surface area (Å²) in [6.07, 6.45) is 4.05. The fourth-order valence-electron chi connectivity index (χ4n) is 2.62. The van der Waals surface area contributed by atoms with Crippen LogP contribution < -0.4 is 5.73 Å². The molecule has 21 heavy (non-hydrogen) atoms. The van der Waals surface area contributed by atoms with Crippen molar-refractivity contribution in [1.82, 2.24) is 9.30 Å². The molecule has 0 unspecified atom stereocenters. The summed E-state index contributed by atoms with van der Waals surface area (Å²) in [6, 6.07) is 8.29. The van der Waals surface area contributed by atoms with Crippen molar-refractivity contribution in [3.63, 3.8) is 0 Å². The highest BCUT2D eigenvalue weighted by Crippen LogP contribution is 2.22. The number of rotatable bonds is 6. The summed E-state index contributed by atoms with van der Waals surface area (Å²) in [4.78, 5) is 2.35. The van der Waals surface area contributed by atoms with E-state index in [-0.39, 0.29) is 5.41 Å². The van der Waals surface area contributed by atoms with Crippen molar-refractivity contribution in [2.45, 2.75) is 27.3 Å². The van der Waals surface area contributed by atoms with Gasteiger partial charge in [0, 0.05) is 31.0 Å². The van der Waals surface area contributed by atoms with Crippen molar-refractivity contribution in [1.29, 1.82) is 5.26 Å². The number of nitriles is 1. The summed E-state index contributed by atoms with van der Waals surface area (Å²) in [5, 5.41) is 9.47. The number of fused-ring (bicyclic) bond motifs is 1. The maximum atomic E-state index is 9.47. The summed E-state index contributed by atoms with van der Waals surface area (Å²) in [6.45, 7) is 9.82. The molecule has 2 aromatic rings. The largest absolute Gasteiger partial charge is 0.330 e. The Morgan fingerprint density at radius 3 is 2.76 bits per heavy atom. The van der Waals surface area contributed by atoms with Crippen LogP contribution in [0.3, 0.4) is 0 Å². The Morgan fingerprint density at radius 2 is 2.14 bits per heavy atom. The van der Waals surface area contributed by atoms with Crippen LogP contribution in [0.5, 0.6) is 0 Å².